The molecule has 29 heavy (non-hydrogen) atoms. The summed E-state index contributed by atoms with van der Waals surface area (Å²) in [6.45, 7) is 2.05. The van der Waals surface area contributed by atoms with Crippen molar-refractivity contribution in [1.82, 2.24) is 14.4 Å². The molecule has 0 amide bonds. The van der Waals surface area contributed by atoms with E-state index in [-0.39, 0.29) is 23.8 Å². The van der Waals surface area contributed by atoms with E-state index in [0.717, 1.165) is 17.5 Å². The van der Waals surface area contributed by atoms with Crippen LogP contribution < -0.4 is 9.57 Å². The molecule has 1 aromatic carbocycles. The van der Waals surface area contributed by atoms with Crippen molar-refractivity contribution in [2.24, 2.45) is 0 Å². The molecule has 0 atom stereocenters. The molecular formula is C20H21ClFN3O3S. The van der Waals surface area contributed by atoms with Crippen LogP contribution in [0.15, 0.2) is 53.2 Å². The van der Waals surface area contributed by atoms with Gasteiger partial charge in [0.2, 0.25) is 5.88 Å². The Balaban J connectivity index is 2.25. The van der Waals surface area contributed by atoms with Crippen molar-refractivity contribution >= 4 is 32.6 Å². The number of allylic oxidation sites excluding steroid dienone is 1. The summed E-state index contributed by atoms with van der Waals surface area (Å²) in [4.78, 5) is 7.11. The smallest absolute Gasteiger partial charge is 0.213 e. The predicted molar refractivity (Wildman–Crippen MR) is 113 cm³/mol. The number of sulfone groups is 1. The van der Waals surface area contributed by atoms with Crippen LogP contribution in [0, 0.1) is 6.92 Å². The number of nitrogens with one attached hydrogen (secondary N) is 1. The molecule has 0 saturated heterocycles. The first kappa shape index (κ1) is 21.3. The van der Waals surface area contributed by atoms with Crippen LogP contribution in [0.4, 0.5) is 4.39 Å². The molecule has 0 radical (unpaired) electrons. The van der Waals surface area contributed by atoms with Gasteiger partial charge in [-0.2, -0.15) is 0 Å². The molecule has 0 aliphatic carbocycles. The molecule has 3 aromatic rings. The average Bonchev–Trinajstić information content (AvgIpc) is 2.96. The lowest BCUT2D eigenvalue weighted by atomic mass is 10.1. The van der Waals surface area contributed by atoms with Crippen LogP contribution in [0.25, 0.3) is 22.2 Å². The van der Waals surface area contributed by atoms with Crippen molar-refractivity contribution in [2.45, 2.75) is 18.4 Å². The largest absolute Gasteiger partial charge is 0.481 e. The summed E-state index contributed by atoms with van der Waals surface area (Å²) >= 11 is 5.40. The van der Waals surface area contributed by atoms with E-state index in [1.807, 2.05) is 19.1 Å². The lowest BCUT2D eigenvalue weighted by Crippen LogP contribution is -2.04. The van der Waals surface area contributed by atoms with Gasteiger partial charge in [-0.15, -0.1) is 0 Å². The molecule has 2 heterocycles. The van der Waals surface area contributed by atoms with Gasteiger partial charge in [-0.3, -0.25) is 0 Å². The predicted octanol–water partition coefficient (Wildman–Crippen LogP) is 4.02. The first-order valence-electron chi connectivity index (χ1n) is 8.78. The highest BCUT2D eigenvalue weighted by Crippen LogP contribution is 2.36. The fourth-order valence-corrected chi connectivity index (χ4v) is 3.98. The van der Waals surface area contributed by atoms with Gasteiger partial charge in [0.25, 0.3) is 0 Å². The maximum Gasteiger partial charge on any atom is 0.213 e. The van der Waals surface area contributed by atoms with Gasteiger partial charge < -0.3 is 9.30 Å². The van der Waals surface area contributed by atoms with E-state index < -0.39 is 9.84 Å². The Morgan fingerprint density at radius 2 is 2.10 bits per heavy atom. The number of benzene rings is 1. The number of rotatable bonds is 7. The van der Waals surface area contributed by atoms with Crippen LogP contribution in [0.3, 0.4) is 0 Å². The normalized spacial score (nSPS) is 12.5. The van der Waals surface area contributed by atoms with Crippen molar-refractivity contribution in [3.63, 3.8) is 0 Å². The number of methoxy groups -OCH3 is 1. The summed E-state index contributed by atoms with van der Waals surface area (Å²) in [7, 11) is -1.86. The van der Waals surface area contributed by atoms with Gasteiger partial charge in [-0.25, -0.2) is 22.6 Å². The third kappa shape index (κ3) is 4.44. The first-order chi connectivity index (χ1) is 13.8. The fourth-order valence-electron chi connectivity index (χ4n) is 3.23. The number of aromatic nitrogens is 2. The van der Waals surface area contributed by atoms with E-state index in [2.05, 4.69) is 9.82 Å². The van der Waals surface area contributed by atoms with Crippen molar-refractivity contribution < 1.29 is 17.5 Å². The number of halogens is 2. The maximum atomic E-state index is 14.4. The minimum absolute atomic E-state index is 0.000673. The van der Waals surface area contributed by atoms with Gasteiger partial charge in [0.05, 0.1) is 24.1 Å². The molecule has 3 rings (SSSR count). The second kappa shape index (κ2) is 8.52. The number of fused-ring (bicyclic) bond motifs is 1. The molecule has 0 spiro atoms. The van der Waals surface area contributed by atoms with Gasteiger partial charge >= 0.3 is 0 Å². The Labute approximate surface area is 174 Å². The summed E-state index contributed by atoms with van der Waals surface area (Å²) in [5.74, 6) is 0.0583. The zero-order valence-electron chi connectivity index (χ0n) is 16.2. The highest BCUT2D eigenvalue weighted by Gasteiger charge is 2.20. The Morgan fingerprint density at radius 3 is 2.76 bits per heavy atom. The van der Waals surface area contributed by atoms with Crippen molar-refractivity contribution in [2.75, 3.05) is 19.9 Å². The quantitative estimate of drug-likeness (QED) is 0.565. The summed E-state index contributed by atoms with van der Waals surface area (Å²) in [6, 6.07) is 10.2. The fraction of sp³-hybridized carbons (Fsp3) is 0.250. The molecule has 154 valence electrons. The third-order valence-electron chi connectivity index (χ3n) is 4.61. The van der Waals surface area contributed by atoms with Crippen LogP contribution in [0.5, 0.6) is 5.88 Å². The summed E-state index contributed by atoms with van der Waals surface area (Å²) in [5, 5.41) is 0. The number of ether oxygens (including phenoxy) is 1. The second-order valence-corrected chi connectivity index (χ2v) is 8.84. The van der Waals surface area contributed by atoms with Gasteiger partial charge in [-0.1, -0.05) is 12.1 Å². The molecule has 2 aromatic heterocycles. The van der Waals surface area contributed by atoms with E-state index in [1.54, 1.807) is 28.8 Å². The van der Waals surface area contributed by atoms with Crippen molar-refractivity contribution in [3.05, 3.63) is 54.0 Å². The summed E-state index contributed by atoms with van der Waals surface area (Å²) < 4.78 is 45.4. The molecule has 0 fully saturated rings. The highest BCUT2D eigenvalue weighted by atomic mass is 35.5. The molecule has 0 saturated carbocycles. The second-order valence-electron chi connectivity index (χ2n) is 6.56. The topological polar surface area (TPSA) is 73.2 Å². The Hall–Kier alpha value is -2.42. The minimum atomic E-state index is -3.38. The lowest BCUT2D eigenvalue weighted by Gasteiger charge is -2.08. The number of hydrogen-bond acceptors (Lipinski definition) is 5. The van der Waals surface area contributed by atoms with E-state index >= 15 is 0 Å². The zero-order valence-corrected chi connectivity index (χ0v) is 17.8. The van der Waals surface area contributed by atoms with Crippen LogP contribution in [-0.2, 0) is 16.4 Å². The van der Waals surface area contributed by atoms with Crippen LogP contribution >= 0.6 is 11.8 Å². The number of pyridine rings is 1. The van der Waals surface area contributed by atoms with Gasteiger partial charge in [0.1, 0.15) is 11.3 Å². The molecule has 0 unspecified atom stereocenters. The van der Waals surface area contributed by atoms with Crippen LogP contribution in [0.2, 0.25) is 0 Å². The summed E-state index contributed by atoms with van der Waals surface area (Å²) in [5.41, 5.74) is 3.49. The van der Waals surface area contributed by atoms with E-state index in [1.165, 1.54) is 13.2 Å². The van der Waals surface area contributed by atoms with E-state index in [9.17, 15) is 12.8 Å². The van der Waals surface area contributed by atoms with Gasteiger partial charge in [0, 0.05) is 30.1 Å². The van der Waals surface area contributed by atoms with Crippen molar-refractivity contribution in [1.29, 1.82) is 0 Å². The Kier molecular flexibility index (Phi) is 6.26. The van der Waals surface area contributed by atoms with Crippen LogP contribution in [0.1, 0.15) is 5.69 Å². The number of nitrogens with zero attached hydrogens (tertiary/aromatic N) is 2. The molecule has 1 N–H and O–H groups in total. The zero-order chi connectivity index (χ0) is 21.2. The Morgan fingerprint density at radius 1 is 1.34 bits per heavy atom. The minimum Gasteiger partial charge on any atom is -0.481 e. The Bertz CT molecular complexity index is 1190. The molecular weight excluding hydrogens is 417 g/mol. The maximum absolute atomic E-state index is 14.4. The van der Waals surface area contributed by atoms with Gasteiger partial charge in [-0.05, 0) is 48.5 Å². The molecule has 0 aliphatic heterocycles. The monoisotopic (exact) mass is 437 g/mol. The first-order valence-corrected chi connectivity index (χ1v) is 11.1. The molecule has 0 bridgehead atoms. The van der Waals surface area contributed by atoms with Gasteiger partial charge in [0.15, 0.2) is 9.84 Å². The SMILES string of the molecule is COc1ccc2c(n1)c(-c1cccc(S(C)(=O)=O)c1)c(C)n2C/C(F)=C/CNCl. The van der Waals surface area contributed by atoms with E-state index in [0.29, 0.717) is 22.5 Å². The van der Waals surface area contributed by atoms with Crippen LogP contribution in [-0.4, -0.2) is 37.9 Å². The number of hydrogen-bond donors (Lipinski definition) is 1. The van der Waals surface area contributed by atoms with Crippen molar-refractivity contribution in [3.8, 4) is 17.0 Å². The standard InChI is InChI=1S/C20H21ClFN3O3S/c1-13-19(14-5-4-6-16(11-14)29(3,26)27)20-17(7-8-18(24-20)28-2)25(13)12-15(22)9-10-23-21/h4-9,11,23H,10,12H2,1-3H3/b15-9-. The summed E-state index contributed by atoms with van der Waals surface area (Å²) in [6.07, 6.45) is 2.52. The highest BCUT2D eigenvalue weighted by molar-refractivity contribution is 7.90. The lowest BCUT2D eigenvalue weighted by molar-refractivity contribution is 0.399. The molecule has 9 heteroatoms. The third-order valence-corrected chi connectivity index (χ3v) is 5.88. The van der Waals surface area contributed by atoms with E-state index in [4.69, 9.17) is 16.5 Å². The average molecular weight is 438 g/mol. The molecule has 6 nitrogen and oxygen atoms in total. The molecule has 0 aliphatic rings.